The highest BCUT2D eigenvalue weighted by Crippen LogP contribution is 2.26. The van der Waals surface area contributed by atoms with E-state index >= 15 is 0 Å². The molecule has 22 heavy (non-hydrogen) atoms. The number of fused-ring (bicyclic) bond motifs is 1. The molecule has 114 valence electrons. The van der Waals surface area contributed by atoms with Gasteiger partial charge in [-0.3, -0.25) is 4.79 Å². The van der Waals surface area contributed by atoms with E-state index in [1.807, 2.05) is 18.2 Å². The quantitative estimate of drug-likeness (QED) is 0.940. The van der Waals surface area contributed by atoms with Gasteiger partial charge in [-0.15, -0.1) is 0 Å². The molecule has 1 heterocycles. The minimum Gasteiger partial charge on any atom is -0.362 e. The first-order valence-corrected chi connectivity index (χ1v) is 7.52. The molecule has 1 aliphatic rings. The number of aryl methyl sites for hydroxylation is 2. The third kappa shape index (κ3) is 3.11. The summed E-state index contributed by atoms with van der Waals surface area (Å²) in [5.74, 6) is -0.430. The van der Waals surface area contributed by atoms with Crippen LogP contribution in [0.3, 0.4) is 0 Å². The number of hydrogen-bond acceptors (Lipinski definition) is 2. The second kappa shape index (κ2) is 6.18. The van der Waals surface area contributed by atoms with Gasteiger partial charge in [0, 0.05) is 17.9 Å². The third-order valence-corrected chi connectivity index (χ3v) is 4.00. The first-order valence-electron chi connectivity index (χ1n) is 7.52. The zero-order valence-electron chi connectivity index (χ0n) is 12.6. The predicted octanol–water partition coefficient (Wildman–Crippen LogP) is 3.53. The van der Waals surface area contributed by atoms with Crippen molar-refractivity contribution in [2.45, 2.75) is 19.8 Å². The van der Waals surface area contributed by atoms with Crippen molar-refractivity contribution in [3.8, 4) is 0 Å². The van der Waals surface area contributed by atoms with Crippen molar-refractivity contribution < 1.29 is 9.18 Å². The topological polar surface area (TPSA) is 32.3 Å². The van der Waals surface area contributed by atoms with Crippen molar-refractivity contribution in [3.63, 3.8) is 0 Å². The Balaban J connectivity index is 1.69. The Labute approximate surface area is 129 Å². The number of hydrogen-bond donors (Lipinski definition) is 1. The van der Waals surface area contributed by atoms with Crippen LogP contribution in [0.4, 0.5) is 15.8 Å². The molecule has 1 aliphatic heterocycles. The molecule has 0 unspecified atom stereocenters. The highest BCUT2D eigenvalue weighted by molar-refractivity contribution is 5.94. The lowest BCUT2D eigenvalue weighted by atomic mass is 10.0. The number of amides is 1. The smallest absolute Gasteiger partial charge is 0.243 e. The van der Waals surface area contributed by atoms with Crippen LogP contribution in [0, 0.1) is 12.7 Å². The van der Waals surface area contributed by atoms with Crippen molar-refractivity contribution in [3.05, 3.63) is 59.4 Å². The van der Waals surface area contributed by atoms with Crippen LogP contribution in [0.15, 0.2) is 42.5 Å². The van der Waals surface area contributed by atoms with Gasteiger partial charge in [0.2, 0.25) is 5.91 Å². The molecule has 0 saturated carbocycles. The van der Waals surface area contributed by atoms with Crippen LogP contribution in [0.5, 0.6) is 0 Å². The Bertz CT molecular complexity index is 699. The number of carbonyl (C=O) groups excluding carboxylic acids is 1. The number of benzene rings is 2. The highest BCUT2D eigenvalue weighted by Gasteiger charge is 2.18. The van der Waals surface area contributed by atoms with E-state index in [0.717, 1.165) is 25.1 Å². The fraction of sp³-hybridized carbons (Fsp3) is 0.278. The summed E-state index contributed by atoms with van der Waals surface area (Å²) in [5.41, 5.74) is 3.48. The third-order valence-electron chi connectivity index (χ3n) is 4.00. The standard InChI is InChI=1S/C18H19FN2O/c1-13-8-9-15(11-16(13)19)20-18(22)12-21-10-4-6-14-5-2-3-7-17(14)21/h2-3,5,7-9,11H,4,6,10,12H2,1H3,(H,20,22). The molecule has 0 atom stereocenters. The van der Waals surface area contributed by atoms with Crippen LogP contribution in [0.1, 0.15) is 17.5 Å². The molecule has 3 nitrogen and oxygen atoms in total. The van der Waals surface area contributed by atoms with Gasteiger partial charge >= 0.3 is 0 Å². The predicted molar refractivity (Wildman–Crippen MR) is 86.7 cm³/mol. The molecule has 0 radical (unpaired) electrons. The van der Waals surface area contributed by atoms with Gasteiger partial charge in [0.25, 0.3) is 0 Å². The summed E-state index contributed by atoms with van der Waals surface area (Å²) in [7, 11) is 0. The average molecular weight is 298 g/mol. The molecule has 0 aromatic heterocycles. The van der Waals surface area contributed by atoms with Crippen LogP contribution in [0.25, 0.3) is 0 Å². The van der Waals surface area contributed by atoms with Gasteiger partial charge in [0.15, 0.2) is 0 Å². The van der Waals surface area contributed by atoms with Crippen molar-refractivity contribution >= 4 is 17.3 Å². The van der Waals surface area contributed by atoms with Crippen molar-refractivity contribution in [1.82, 2.24) is 0 Å². The molecule has 0 aliphatic carbocycles. The summed E-state index contributed by atoms with van der Waals surface area (Å²) in [6, 6.07) is 12.9. The van der Waals surface area contributed by atoms with E-state index in [2.05, 4.69) is 16.3 Å². The molecule has 3 rings (SSSR count). The van der Waals surface area contributed by atoms with Gasteiger partial charge in [-0.2, -0.15) is 0 Å². The summed E-state index contributed by atoms with van der Waals surface area (Å²) in [4.78, 5) is 14.3. The molecule has 1 amide bonds. The van der Waals surface area contributed by atoms with Crippen LogP contribution in [-0.4, -0.2) is 19.0 Å². The number of nitrogens with zero attached hydrogens (tertiary/aromatic N) is 1. The second-order valence-electron chi connectivity index (χ2n) is 5.67. The van der Waals surface area contributed by atoms with E-state index in [1.54, 1.807) is 19.1 Å². The lowest BCUT2D eigenvalue weighted by Crippen LogP contribution is -2.36. The lowest BCUT2D eigenvalue weighted by Gasteiger charge is -2.30. The molecule has 0 spiro atoms. The Morgan fingerprint density at radius 1 is 1.27 bits per heavy atom. The Hall–Kier alpha value is -2.36. The molecule has 1 N–H and O–H groups in total. The highest BCUT2D eigenvalue weighted by atomic mass is 19.1. The summed E-state index contributed by atoms with van der Waals surface area (Å²) in [5, 5.41) is 2.77. The lowest BCUT2D eigenvalue weighted by molar-refractivity contribution is -0.115. The number of rotatable bonds is 3. The van der Waals surface area contributed by atoms with Gasteiger partial charge in [-0.25, -0.2) is 4.39 Å². The van der Waals surface area contributed by atoms with Gasteiger partial charge in [-0.05, 0) is 49.1 Å². The maximum absolute atomic E-state index is 13.5. The number of halogens is 1. The van der Waals surface area contributed by atoms with Gasteiger partial charge < -0.3 is 10.2 Å². The summed E-state index contributed by atoms with van der Waals surface area (Å²) >= 11 is 0. The minimum atomic E-state index is -0.305. The van der Waals surface area contributed by atoms with Crippen molar-refractivity contribution in [1.29, 1.82) is 0 Å². The fourth-order valence-corrected chi connectivity index (χ4v) is 2.82. The molecular formula is C18H19FN2O. The zero-order chi connectivity index (χ0) is 15.5. The number of carbonyl (C=O) groups is 1. The van der Waals surface area contributed by atoms with Crippen molar-refractivity contribution in [2.75, 3.05) is 23.3 Å². The maximum Gasteiger partial charge on any atom is 0.243 e. The van der Waals surface area contributed by atoms with Gasteiger partial charge in [0.1, 0.15) is 5.82 Å². The van der Waals surface area contributed by atoms with E-state index in [9.17, 15) is 9.18 Å². The Kier molecular flexibility index (Phi) is 4.09. The fourth-order valence-electron chi connectivity index (χ4n) is 2.82. The van der Waals surface area contributed by atoms with Crippen LogP contribution >= 0.6 is 0 Å². The van der Waals surface area contributed by atoms with E-state index < -0.39 is 0 Å². The van der Waals surface area contributed by atoms with E-state index in [1.165, 1.54) is 11.6 Å². The summed E-state index contributed by atoms with van der Waals surface area (Å²) < 4.78 is 13.5. The van der Waals surface area contributed by atoms with E-state index in [4.69, 9.17) is 0 Å². The van der Waals surface area contributed by atoms with Crippen molar-refractivity contribution in [2.24, 2.45) is 0 Å². The zero-order valence-corrected chi connectivity index (χ0v) is 12.6. The number of anilines is 2. The Morgan fingerprint density at radius 2 is 2.09 bits per heavy atom. The monoisotopic (exact) mass is 298 g/mol. The normalized spacial score (nSPS) is 13.6. The number of nitrogens with one attached hydrogen (secondary N) is 1. The number of para-hydroxylation sites is 1. The van der Waals surface area contributed by atoms with Crippen LogP contribution in [0.2, 0.25) is 0 Å². The summed E-state index contributed by atoms with van der Waals surface area (Å²) in [6.45, 7) is 2.85. The SMILES string of the molecule is Cc1ccc(NC(=O)CN2CCCc3ccccc32)cc1F. The second-order valence-corrected chi connectivity index (χ2v) is 5.67. The summed E-state index contributed by atoms with van der Waals surface area (Å²) in [6.07, 6.45) is 2.10. The first kappa shape index (κ1) is 14.6. The van der Waals surface area contributed by atoms with E-state index in [0.29, 0.717) is 11.3 Å². The van der Waals surface area contributed by atoms with Crippen LogP contribution < -0.4 is 10.2 Å². The molecular weight excluding hydrogens is 279 g/mol. The molecule has 2 aromatic carbocycles. The first-order chi connectivity index (χ1) is 10.6. The molecule has 4 heteroatoms. The maximum atomic E-state index is 13.5. The molecule has 0 fully saturated rings. The van der Waals surface area contributed by atoms with E-state index in [-0.39, 0.29) is 18.3 Å². The van der Waals surface area contributed by atoms with Gasteiger partial charge in [-0.1, -0.05) is 24.3 Å². The molecule has 0 saturated heterocycles. The average Bonchev–Trinajstić information content (AvgIpc) is 2.51. The largest absolute Gasteiger partial charge is 0.362 e. The van der Waals surface area contributed by atoms with Gasteiger partial charge in [0.05, 0.1) is 6.54 Å². The minimum absolute atomic E-state index is 0.125. The molecule has 2 aromatic rings. The van der Waals surface area contributed by atoms with Crippen LogP contribution in [-0.2, 0) is 11.2 Å². The Morgan fingerprint density at radius 3 is 2.91 bits per heavy atom. The molecule has 0 bridgehead atoms.